The highest BCUT2D eigenvalue weighted by Crippen LogP contribution is 2.14. The van der Waals surface area contributed by atoms with Crippen LogP contribution < -0.4 is 16.8 Å². The van der Waals surface area contributed by atoms with Crippen LogP contribution in [0.4, 0.5) is 5.69 Å². The number of allylic oxidation sites excluding steroid dienone is 1. The lowest BCUT2D eigenvalue weighted by Gasteiger charge is -2.13. The molecule has 1 aliphatic rings. The Balaban J connectivity index is 2.36. The molecule has 0 unspecified atom stereocenters. The van der Waals surface area contributed by atoms with E-state index < -0.39 is 0 Å². The zero-order chi connectivity index (χ0) is 9.97. The molecule has 0 fully saturated rings. The Hall–Kier alpha value is -1.97. The van der Waals surface area contributed by atoms with Crippen LogP contribution in [-0.2, 0) is 0 Å². The van der Waals surface area contributed by atoms with Gasteiger partial charge in [0.2, 0.25) is 0 Å². The molecule has 4 heteroatoms. The van der Waals surface area contributed by atoms with Gasteiger partial charge in [0.05, 0.1) is 11.4 Å². The number of nitrogens with two attached hydrogens (primary N) is 2. The maximum Gasteiger partial charge on any atom is 0.0882 e. The lowest BCUT2D eigenvalue weighted by molar-refractivity contribution is 0.965. The van der Waals surface area contributed by atoms with Gasteiger partial charge >= 0.3 is 0 Å². The first-order chi connectivity index (χ1) is 6.75. The third-order valence-electron chi connectivity index (χ3n) is 2.00. The van der Waals surface area contributed by atoms with E-state index in [4.69, 9.17) is 11.5 Å². The average molecular weight is 188 g/mol. The van der Waals surface area contributed by atoms with Crippen LogP contribution in [0, 0.1) is 0 Å². The standard InChI is InChI=1S/C10H12N4/c11-7-1-3-13-9(5-7)10-6-8(12)2-4-14-10/h1-3,5-6,14H,4,12H2,(H2,11,13). The molecule has 72 valence electrons. The summed E-state index contributed by atoms with van der Waals surface area (Å²) in [6, 6.07) is 3.57. The number of pyridine rings is 1. The SMILES string of the molecule is NC1=CCNC(c2cc(N)ccn2)=C1. The fourth-order valence-electron chi connectivity index (χ4n) is 1.31. The lowest BCUT2D eigenvalue weighted by Crippen LogP contribution is -2.19. The van der Waals surface area contributed by atoms with Gasteiger partial charge in [-0.2, -0.15) is 0 Å². The van der Waals surface area contributed by atoms with Gasteiger partial charge in [0, 0.05) is 24.1 Å². The molecule has 0 saturated carbocycles. The molecule has 1 aliphatic heterocycles. The third-order valence-corrected chi connectivity index (χ3v) is 2.00. The minimum absolute atomic E-state index is 0.700. The first-order valence-electron chi connectivity index (χ1n) is 4.39. The summed E-state index contributed by atoms with van der Waals surface area (Å²) in [5.74, 6) is 0. The van der Waals surface area contributed by atoms with E-state index in [1.165, 1.54) is 0 Å². The molecule has 0 spiro atoms. The Kier molecular flexibility index (Phi) is 2.10. The first kappa shape index (κ1) is 8.62. The van der Waals surface area contributed by atoms with Crippen molar-refractivity contribution in [3.8, 4) is 0 Å². The lowest BCUT2D eigenvalue weighted by atomic mass is 10.2. The van der Waals surface area contributed by atoms with Crippen molar-refractivity contribution < 1.29 is 0 Å². The molecule has 0 atom stereocenters. The average Bonchev–Trinajstić information content (AvgIpc) is 2.18. The number of nitrogens with one attached hydrogen (secondary N) is 1. The summed E-state index contributed by atoms with van der Waals surface area (Å²) in [5.41, 5.74) is 14.5. The molecule has 4 nitrogen and oxygen atoms in total. The predicted octanol–water partition coefficient (Wildman–Crippen LogP) is 0.450. The number of nitrogens with zero attached hydrogens (tertiary/aromatic N) is 1. The zero-order valence-electron chi connectivity index (χ0n) is 7.70. The van der Waals surface area contributed by atoms with Crippen molar-refractivity contribution in [2.45, 2.75) is 0 Å². The molecule has 1 aromatic heterocycles. The van der Waals surface area contributed by atoms with E-state index in [0.717, 1.165) is 23.6 Å². The molecule has 2 rings (SSSR count). The second-order valence-electron chi connectivity index (χ2n) is 3.12. The number of hydrogen-bond acceptors (Lipinski definition) is 4. The molecule has 0 aromatic carbocycles. The summed E-state index contributed by atoms with van der Waals surface area (Å²) < 4.78 is 0. The topological polar surface area (TPSA) is 77.0 Å². The number of anilines is 1. The van der Waals surface area contributed by atoms with E-state index in [2.05, 4.69) is 10.3 Å². The van der Waals surface area contributed by atoms with Crippen LogP contribution in [-0.4, -0.2) is 11.5 Å². The molecule has 0 saturated heterocycles. The van der Waals surface area contributed by atoms with Crippen LogP contribution in [0.15, 0.2) is 36.2 Å². The summed E-state index contributed by atoms with van der Waals surface area (Å²) in [7, 11) is 0. The molecule has 0 radical (unpaired) electrons. The number of aromatic nitrogens is 1. The van der Waals surface area contributed by atoms with Gasteiger partial charge in [-0.25, -0.2) is 0 Å². The predicted molar refractivity (Wildman–Crippen MR) is 56.9 cm³/mol. The van der Waals surface area contributed by atoms with Crippen LogP contribution in [0.2, 0.25) is 0 Å². The summed E-state index contributed by atoms with van der Waals surface area (Å²) in [4.78, 5) is 4.20. The van der Waals surface area contributed by atoms with Crippen LogP contribution >= 0.6 is 0 Å². The molecule has 0 amide bonds. The highest BCUT2D eigenvalue weighted by Gasteiger charge is 2.06. The van der Waals surface area contributed by atoms with Crippen molar-refractivity contribution in [2.75, 3.05) is 12.3 Å². The number of rotatable bonds is 1. The van der Waals surface area contributed by atoms with E-state index in [1.54, 1.807) is 12.3 Å². The largest absolute Gasteiger partial charge is 0.399 e. The van der Waals surface area contributed by atoms with Gasteiger partial charge in [0.25, 0.3) is 0 Å². The molecule has 2 heterocycles. The van der Waals surface area contributed by atoms with Crippen molar-refractivity contribution in [3.05, 3.63) is 41.9 Å². The van der Waals surface area contributed by atoms with E-state index >= 15 is 0 Å². The van der Waals surface area contributed by atoms with Gasteiger partial charge in [-0.3, -0.25) is 4.98 Å². The van der Waals surface area contributed by atoms with Crippen molar-refractivity contribution in [2.24, 2.45) is 5.73 Å². The second-order valence-corrected chi connectivity index (χ2v) is 3.12. The highest BCUT2D eigenvalue weighted by atomic mass is 14.9. The Morgan fingerprint density at radius 2 is 2.21 bits per heavy atom. The molecule has 14 heavy (non-hydrogen) atoms. The molecular formula is C10H12N4. The van der Waals surface area contributed by atoms with Crippen molar-refractivity contribution in [3.63, 3.8) is 0 Å². The monoisotopic (exact) mass is 188 g/mol. The molecule has 0 aliphatic carbocycles. The fourth-order valence-corrected chi connectivity index (χ4v) is 1.31. The molecule has 1 aromatic rings. The maximum absolute atomic E-state index is 5.69. The van der Waals surface area contributed by atoms with Gasteiger partial charge in [-0.15, -0.1) is 0 Å². The maximum atomic E-state index is 5.69. The Morgan fingerprint density at radius 3 is 2.93 bits per heavy atom. The van der Waals surface area contributed by atoms with Crippen molar-refractivity contribution >= 4 is 11.4 Å². The summed E-state index contributed by atoms with van der Waals surface area (Å²) in [6.07, 6.45) is 5.45. The summed E-state index contributed by atoms with van der Waals surface area (Å²) in [5, 5.41) is 3.18. The molecular weight excluding hydrogens is 176 g/mol. The Bertz CT molecular complexity index is 406. The Morgan fingerprint density at radius 1 is 1.36 bits per heavy atom. The van der Waals surface area contributed by atoms with Gasteiger partial charge < -0.3 is 16.8 Å². The smallest absolute Gasteiger partial charge is 0.0882 e. The normalized spacial score (nSPS) is 15.4. The van der Waals surface area contributed by atoms with Crippen LogP contribution in [0.25, 0.3) is 5.70 Å². The van der Waals surface area contributed by atoms with E-state index in [-0.39, 0.29) is 0 Å². The van der Waals surface area contributed by atoms with E-state index in [1.807, 2.05) is 18.2 Å². The number of nitrogen functional groups attached to an aromatic ring is 1. The first-order valence-corrected chi connectivity index (χ1v) is 4.39. The van der Waals surface area contributed by atoms with Gasteiger partial charge in [0.1, 0.15) is 0 Å². The van der Waals surface area contributed by atoms with E-state index in [0.29, 0.717) is 5.69 Å². The third kappa shape index (κ3) is 1.69. The van der Waals surface area contributed by atoms with Crippen LogP contribution in [0.3, 0.4) is 0 Å². The van der Waals surface area contributed by atoms with E-state index in [9.17, 15) is 0 Å². The van der Waals surface area contributed by atoms with Crippen LogP contribution in [0.5, 0.6) is 0 Å². The molecule has 0 bridgehead atoms. The van der Waals surface area contributed by atoms with Crippen molar-refractivity contribution in [1.82, 2.24) is 10.3 Å². The van der Waals surface area contributed by atoms with Gasteiger partial charge in [0.15, 0.2) is 0 Å². The van der Waals surface area contributed by atoms with Gasteiger partial charge in [-0.1, -0.05) is 0 Å². The summed E-state index contributed by atoms with van der Waals surface area (Å²) in [6.45, 7) is 0.730. The fraction of sp³-hybridized carbons (Fsp3) is 0.100. The number of dihydropyridines is 1. The quantitative estimate of drug-likeness (QED) is 0.598. The van der Waals surface area contributed by atoms with Crippen LogP contribution in [0.1, 0.15) is 5.69 Å². The Labute approximate surface area is 82.3 Å². The minimum Gasteiger partial charge on any atom is -0.399 e. The highest BCUT2D eigenvalue weighted by molar-refractivity contribution is 5.67. The van der Waals surface area contributed by atoms with Gasteiger partial charge in [-0.05, 0) is 24.3 Å². The second kappa shape index (κ2) is 3.41. The number of hydrogen-bond donors (Lipinski definition) is 3. The molecule has 5 N–H and O–H groups in total. The van der Waals surface area contributed by atoms with Crippen molar-refractivity contribution in [1.29, 1.82) is 0 Å². The summed E-state index contributed by atoms with van der Waals surface area (Å²) >= 11 is 0. The minimum atomic E-state index is 0.700. The zero-order valence-corrected chi connectivity index (χ0v) is 7.70.